The third-order valence-corrected chi connectivity index (χ3v) is 5.62. The second-order valence-corrected chi connectivity index (χ2v) is 7.34. The van der Waals surface area contributed by atoms with E-state index in [1.807, 2.05) is 0 Å². The van der Waals surface area contributed by atoms with E-state index in [4.69, 9.17) is 11.6 Å². The average molecular weight is 303 g/mol. The number of halogens is 1. The summed E-state index contributed by atoms with van der Waals surface area (Å²) in [6.45, 7) is 1.78. The molecule has 2 aromatic heterocycles. The predicted molar refractivity (Wildman–Crippen MR) is 72.3 cm³/mol. The molecule has 2 rings (SSSR count). The van der Waals surface area contributed by atoms with E-state index >= 15 is 0 Å². The Morgan fingerprint density at radius 1 is 1.28 bits per heavy atom. The molecule has 1 N–H and O–H groups in total. The van der Waals surface area contributed by atoms with Crippen LogP contribution in [-0.2, 0) is 10.0 Å². The fourth-order valence-corrected chi connectivity index (χ4v) is 4.18. The van der Waals surface area contributed by atoms with Gasteiger partial charge in [0.2, 0.25) is 0 Å². The van der Waals surface area contributed by atoms with Crippen LogP contribution in [0.15, 0.2) is 40.9 Å². The molecule has 0 aromatic carbocycles. The quantitative estimate of drug-likeness (QED) is 0.945. The van der Waals surface area contributed by atoms with Crippen molar-refractivity contribution in [2.45, 2.75) is 17.2 Å². The molecule has 0 saturated carbocycles. The van der Waals surface area contributed by atoms with Crippen LogP contribution in [0.3, 0.4) is 0 Å². The number of nitrogens with zero attached hydrogens (tertiary/aromatic N) is 1. The lowest BCUT2D eigenvalue weighted by Gasteiger charge is -2.13. The van der Waals surface area contributed by atoms with E-state index in [1.54, 1.807) is 37.5 Å². The molecular weight excluding hydrogens is 292 g/mol. The lowest BCUT2D eigenvalue weighted by molar-refractivity contribution is 0.569. The monoisotopic (exact) mass is 302 g/mol. The van der Waals surface area contributed by atoms with Crippen LogP contribution in [0.5, 0.6) is 0 Å². The maximum absolute atomic E-state index is 12.1. The minimum Gasteiger partial charge on any atom is -0.265 e. The molecule has 0 spiro atoms. The van der Waals surface area contributed by atoms with Gasteiger partial charge in [0.25, 0.3) is 10.0 Å². The Morgan fingerprint density at radius 3 is 2.50 bits per heavy atom. The minimum absolute atomic E-state index is 0.216. The number of aromatic nitrogens is 1. The maximum atomic E-state index is 12.1. The Kier molecular flexibility index (Phi) is 4.01. The van der Waals surface area contributed by atoms with E-state index in [9.17, 15) is 8.42 Å². The summed E-state index contributed by atoms with van der Waals surface area (Å²) in [4.78, 5) is 3.89. The lowest BCUT2D eigenvalue weighted by Crippen LogP contribution is -2.26. The van der Waals surface area contributed by atoms with Crippen molar-refractivity contribution < 1.29 is 8.42 Å². The van der Waals surface area contributed by atoms with E-state index in [2.05, 4.69) is 9.71 Å². The fourth-order valence-electron chi connectivity index (χ4n) is 1.45. The summed E-state index contributed by atoms with van der Waals surface area (Å²) < 4.78 is 27.4. The molecule has 2 aromatic rings. The number of sulfonamides is 1. The Balaban J connectivity index is 2.19. The molecule has 0 amide bonds. The summed E-state index contributed by atoms with van der Waals surface area (Å²) in [5.74, 6) is 0. The second-order valence-electron chi connectivity index (χ2n) is 3.68. The summed E-state index contributed by atoms with van der Waals surface area (Å²) in [5, 5.41) is 0. The van der Waals surface area contributed by atoms with Crippen LogP contribution in [0.4, 0.5) is 0 Å². The van der Waals surface area contributed by atoms with Gasteiger partial charge in [0.1, 0.15) is 4.21 Å². The molecule has 0 aliphatic heterocycles. The molecule has 1 atom stereocenters. The highest BCUT2D eigenvalue weighted by molar-refractivity contribution is 7.91. The highest BCUT2D eigenvalue weighted by Crippen LogP contribution is 2.26. The average Bonchev–Trinajstić information content (AvgIpc) is 2.77. The number of rotatable bonds is 4. The number of nitrogens with one attached hydrogen (secondary N) is 1. The molecule has 0 aliphatic carbocycles. The van der Waals surface area contributed by atoms with Crippen LogP contribution in [0.25, 0.3) is 0 Å². The van der Waals surface area contributed by atoms with Gasteiger partial charge in [0.15, 0.2) is 0 Å². The molecule has 0 fully saturated rings. The molecule has 4 nitrogen and oxygen atoms in total. The van der Waals surface area contributed by atoms with Crippen LogP contribution in [0, 0.1) is 0 Å². The topological polar surface area (TPSA) is 59.1 Å². The van der Waals surface area contributed by atoms with Gasteiger partial charge in [-0.2, -0.15) is 0 Å². The van der Waals surface area contributed by atoms with E-state index in [-0.39, 0.29) is 10.3 Å². The van der Waals surface area contributed by atoms with E-state index in [1.165, 1.54) is 6.07 Å². The summed E-state index contributed by atoms with van der Waals surface area (Å²) >= 11 is 6.77. The Hall–Kier alpha value is -0.950. The van der Waals surface area contributed by atoms with Crippen molar-refractivity contribution in [3.8, 4) is 0 Å². The first-order chi connectivity index (χ1) is 8.49. The molecule has 0 aliphatic rings. The van der Waals surface area contributed by atoms with Crippen LogP contribution < -0.4 is 4.72 Å². The van der Waals surface area contributed by atoms with Gasteiger partial charge in [0.05, 0.1) is 4.34 Å². The standard InChI is InChI=1S/C11H11ClN2O2S2/c1-8(9-4-6-13-7-5-9)14-18(15,16)11-3-2-10(12)17-11/h2-8,14H,1H3. The maximum Gasteiger partial charge on any atom is 0.250 e. The molecule has 7 heteroatoms. The largest absolute Gasteiger partial charge is 0.265 e. The van der Waals surface area contributed by atoms with E-state index in [0.717, 1.165) is 16.9 Å². The zero-order valence-corrected chi connectivity index (χ0v) is 11.9. The van der Waals surface area contributed by atoms with Crippen molar-refractivity contribution in [2.24, 2.45) is 0 Å². The zero-order valence-electron chi connectivity index (χ0n) is 9.50. The fraction of sp³-hybridized carbons (Fsp3) is 0.182. The number of pyridine rings is 1. The van der Waals surface area contributed by atoms with Gasteiger partial charge in [-0.25, -0.2) is 13.1 Å². The SMILES string of the molecule is CC(NS(=O)(=O)c1ccc(Cl)s1)c1ccncc1. The molecule has 0 bridgehead atoms. The van der Waals surface area contributed by atoms with Crippen molar-refractivity contribution in [1.29, 1.82) is 0 Å². The van der Waals surface area contributed by atoms with Gasteiger partial charge >= 0.3 is 0 Å². The van der Waals surface area contributed by atoms with Gasteiger partial charge in [-0.1, -0.05) is 11.6 Å². The van der Waals surface area contributed by atoms with Crippen LogP contribution >= 0.6 is 22.9 Å². The molecule has 2 heterocycles. The van der Waals surface area contributed by atoms with Crippen molar-refractivity contribution >= 4 is 33.0 Å². The third-order valence-electron chi connectivity index (χ3n) is 2.35. The van der Waals surface area contributed by atoms with Gasteiger partial charge in [-0.3, -0.25) is 4.98 Å². The Morgan fingerprint density at radius 2 is 1.94 bits per heavy atom. The van der Waals surface area contributed by atoms with Gasteiger partial charge in [0, 0.05) is 18.4 Å². The molecular formula is C11H11ClN2O2S2. The molecule has 18 heavy (non-hydrogen) atoms. The van der Waals surface area contributed by atoms with Crippen LogP contribution in [0.1, 0.15) is 18.5 Å². The zero-order chi connectivity index (χ0) is 13.2. The lowest BCUT2D eigenvalue weighted by atomic mass is 10.1. The van der Waals surface area contributed by atoms with Gasteiger partial charge in [-0.05, 0) is 36.8 Å². The highest BCUT2D eigenvalue weighted by Gasteiger charge is 2.20. The Bertz CT molecular complexity index is 626. The number of hydrogen-bond acceptors (Lipinski definition) is 4. The highest BCUT2D eigenvalue weighted by atomic mass is 35.5. The summed E-state index contributed by atoms with van der Waals surface area (Å²) in [5.41, 5.74) is 0.858. The first-order valence-electron chi connectivity index (χ1n) is 5.16. The normalized spacial score (nSPS) is 13.4. The van der Waals surface area contributed by atoms with Gasteiger partial charge in [-0.15, -0.1) is 11.3 Å². The van der Waals surface area contributed by atoms with E-state index < -0.39 is 10.0 Å². The van der Waals surface area contributed by atoms with Crippen molar-refractivity contribution in [3.05, 3.63) is 46.6 Å². The number of hydrogen-bond donors (Lipinski definition) is 1. The molecule has 96 valence electrons. The molecule has 0 saturated heterocycles. The predicted octanol–water partition coefficient (Wildman–Crippen LogP) is 2.84. The molecule has 1 unspecified atom stereocenters. The minimum atomic E-state index is -3.52. The molecule has 0 radical (unpaired) electrons. The summed E-state index contributed by atoms with van der Waals surface area (Å²) in [6.07, 6.45) is 3.25. The van der Waals surface area contributed by atoms with Crippen molar-refractivity contribution in [3.63, 3.8) is 0 Å². The van der Waals surface area contributed by atoms with Crippen molar-refractivity contribution in [1.82, 2.24) is 9.71 Å². The van der Waals surface area contributed by atoms with Crippen LogP contribution in [-0.4, -0.2) is 13.4 Å². The second kappa shape index (κ2) is 5.36. The van der Waals surface area contributed by atoms with E-state index in [0.29, 0.717) is 4.34 Å². The smallest absolute Gasteiger partial charge is 0.250 e. The number of thiophene rings is 1. The van der Waals surface area contributed by atoms with Gasteiger partial charge < -0.3 is 0 Å². The third kappa shape index (κ3) is 3.08. The first kappa shape index (κ1) is 13.5. The first-order valence-corrected chi connectivity index (χ1v) is 7.84. The van der Waals surface area contributed by atoms with Crippen molar-refractivity contribution in [2.75, 3.05) is 0 Å². The van der Waals surface area contributed by atoms with Crippen LogP contribution in [0.2, 0.25) is 4.34 Å². The Labute approximate surface area is 115 Å². The summed E-state index contributed by atoms with van der Waals surface area (Å²) in [7, 11) is -3.52. The summed E-state index contributed by atoms with van der Waals surface area (Å²) in [6, 6.07) is 6.29.